The topological polar surface area (TPSA) is 95.4 Å². The van der Waals surface area contributed by atoms with Crippen molar-refractivity contribution in [3.8, 4) is 0 Å². The van der Waals surface area contributed by atoms with E-state index in [-0.39, 0.29) is 11.8 Å². The van der Waals surface area contributed by atoms with Gasteiger partial charge in [0.25, 0.3) is 0 Å². The molecule has 0 bridgehead atoms. The van der Waals surface area contributed by atoms with Crippen LogP contribution in [0.3, 0.4) is 0 Å². The first kappa shape index (κ1) is 15.2. The van der Waals surface area contributed by atoms with E-state index < -0.39 is 18.1 Å². The van der Waals surface area contributed by atoms with Gasteiger partial charge >= 0.3 is 5.97 Å². The van der Waals surface area contributed by atoms with Crippen LogP contribution in [0, 0.1) is 5.92 Å². The number of nitrogens with one attached hydrogen (secondary N) is 1. The molecule has 0 aromatic carbocycles. The average molecular weight is 292 g/mol. The van der Waals surface area contributed by atoms with Gasteiger partial charge in [0.15, 0.2) is 0 Å². The lowest BCUT2D eigenvalue weighted by atomic mass is 10.0. The first-order chi connectivity index (χ1) is 10.0. The van der Waals surface area contributed by atoms with Gasteiger partial charge in [-0.25, -0.2) is 14.8 Å². The molecular formula is C14H20N4O3. The first-order valence-electron chi connectivity index (χ1n) is 7.07. The van der Waals surface area contributed by atoms with Crippen LogP contribution in [0.5, 0.6) is 0 Å². The molecule has 2 unspecified atom stereocenters. The number of carboxylic acid groups (broad SMARTS) is 1. The largest absolute Gasteiger partial charge is 0.480 e. The number of aliphatic carboxylic acids is 1. The van der Waals surface area contributed by atoms with Gasteiger partial charge in [-0.15, -0.1) is 0 Å². The molecule has 21 heavy (non-hydrogen) atoms. The van der Waals surface area contributed by atoms with Crippen LogP contribution in [0.1, 0.15) is 26.7 Å². The maximum Gasteiger partial charge on any atom is 0.326 e. The zero-order chi connectivity index (χ0) is 15.4. The third kappa shape index (κ3) is 3.48. The predicted octanol–water partition coefficient (Wildman–Crippen LogP) is 0.671. The lowest BCUT2D eigenvalue weighted by Crippen LogP contribution is -2.51. The van der Waals surface area contributed by atoms with Crippen LogP contribution in [-0.4, -0.2) is 45.6 Å². The highest BCUT2D eigenvalue weighted by Crippen LogP contribution is 2.22. The molecule has 2 atom stereocenters. The summed E-state index contributed by atoms with van der Waals surface area (Å²) in [7, 11) is 0. The van der Waals surface area contributed by atoms with Gasteiger partial charge in [-0.2, -0.15) is 0 Å². The fourth-order valence-corrected chi connectivity index (χ4v) is 2.48. The highest BCUT2D eigenvalue weighted by atomic mass is 16.4. The van der Waals surface area contributed by atoms with Crippen molar-refractivity contribution in [2.75, 3.05) is 11.4 Å². The monoisotopic (exact) mass is 292 g/mol. The maximum absolute atomic E-state index is 12.4. The number of amides is 1. The number of hydrogen-bond acceptors (Lipinski definition) is 5. The molecule has 2 rings (SSSR count). The number of aromatic nitrogens is 2. The highest BCUT2D eigenvalue weighted by Gasteiger charge is 2.35. The Morgan fingerprint density at radius 1 is 1.38 bits per heavy atom. The van der Waals surface area contributed by atoms with E-state index in [1.165, 1.54) is 0 Å². The zero-order valence-corrected chi connectivity index (χ0v) is 12.2. The molecule has 0 saturated carbocycles. The number of rotatable bonds is 5. The Labute approximate surface area is 123 Å². The predicted molar refractivity (Wildman–Crippen MR) is 76.8 cm³/mol. The Hall–Kier alpha value is -2.18. The Morgan fingerprint density at radius 2 is 2.05 bits per heavy atom. The lowest BCUT2D eigenvalue weighted by molar-refractivity contribution is -0.143. The molecule has 7 nitrogen and oxygen atoms in total. The third-order valence-electron chi connectivity index (χ3n) is 3.59. The molecule has 1 aromatic rings. The van der Waals surface area contributed by atoms with Crippen LogP contribution >= 0.6 is 0 Å². The van der Waals surface area contributed by atoms with Crippen LogP contribution in [-0.2, 0) is 9.59 Å². The second kappa shape index (κ2) is 6.51. The van der Waals surface area contributed by atoms with E-state index in [9.17, 15) is 9.59 Å². The fourth-order valence-electron chi connectivity index (χ4n) is 2.48. The summed E-state index contributed by atoms with van der Waals surface area (Å²) in [5, 5.41) is 11.8. The summed E-state index contributed by atoms with van der Waals surface area (Å²) >= 11 is 0. The minimum Gasteiger partial charge on any atom is -0.480 e. The molecule has 0 radical (unpaired) electrons. The molecule has 7 heteroatoms. The van der Waals surface area contributed by atoms with Crippen molar-refractivity contribution in [2.45, 2.75) is 38.8 Å². The Balaban J connectivity index is 2.09. The van der Waals surface area contributed by atoms with Gasteiger partial charge in [0, 0.05) is 18.9 Å². The number of nitrogens with zero attached hydrogens (tertiary/aromatic N) is 3. The van der Waals surface area contributed by atoms with E-state index in [0.717, 1.165) is 6.42 Å². The van der Waals surface area contributed by atoms with Crippen LogP contribution in [0.15, 0.2) is 18.5 Å². The van der Waals surface area contributed by atoms with Gasteiger partial charge in [-0.05, 0) is 24.8 Å². The van der Waals surface area contributed by atoms with Gasteiger partial charge in [-0.3, -0.25) is 4.79 Å². The van der Waals surface area contributed by atoms with Crippen molar-refractivity contribution in [1.29, 1.82) is 0 Å². The van der Waals surface area contributed by atoms with E-state index in [2.05, 4.69) is 15.3 Å². The molecule has 1 aromatic heterocycles. The first-order valence-corrected chi connectivity index (χ1v) is 7.07. The zero-order valence-electron chi connectivity index (χ0n) is 12.2. The van der Waals surface area contributed by atoms with Crippen molar-refractivity contribution in [2.24, 2.45) is 5.92 Å². The highest BCUT2D eigenvalue weighted by molar-refractivity contribution is 5.89. The molecule has 0 spiro atoms. The van der Waals surface area contributed by atoms with Crippen molar-refractivity contribution in [3.05, 3.63) is 18.5 Å². The van der Waals surface area contributed by atoms with Gasteiger partial charge < -0.3 is 15.3 Å². The number of anilines is 1. The van der Waals surface area contributed by atoms with Crippen LogP contribution in [0.25, 0.3) is 0 Å². The summed E-state index contributed by atoms with van der Waals surface area (Å²) in [6, 6.07) is 0.429. The van der Waals surface area contributed by atoms with Crippen molar-refractivity contribution in [1.82, 2.24) is 15.3 Å². The Morgan fingerprint density at radius 3 is 2.62 bits per heavy atom. The molecule has 114 valence electrons. The van der Waals surface area contributed by atoms with Gasteiger partial charge in [0.1, 0.15) is 12.1 Å². The average Bonchev–Trinajstić information content (AvgIpc) is 2.94. The number of carbonyl (C=O) groups excluding carboxylic acids is 1. The minimum atomic E-state index is -1.01. The summed E-state index contributed by atoms with van der Waals surface area (Å²) in [5.74, 6) is -0.958. The van der Waals surface area contributed by atoms with Crippen LogP contribution in [0.4, 0.5) is 5.95 Å². The molecular weight excluding hydrogens is 272 g/mol. The second-order valence-electron chi connectivity index (χ2n) is 5.47. The van der Waals surface area contributed by atoms with Gasteiger partial charge in [0.05, 0.1) is 0 Å². The molecule has 1 aliphatic rings. The van der Waals surface area contributed by atoms with Crippen molar-refractivity contribution >= 4 is 17.8 Å². The molecule has 2 N–H and O–H groups in total. The van der Waals surface area contributed by atoms with E-state index in [4.69, 9.17) is 5.11 Å². The SMILES string of the molecule is CC(C)C(NC(=O)C1CCCN1c1ncccn1)C(=O)O. The van der Waals surface area contributed by atoms with Gasteiger partial charge in [-0.1, -0.05) is 13.8 Å². The minimum absolute atomic E-state index is 0.172. The Bertz CT molecular complexity index is 506. The quantitative estimate of drug-likeness (QED) is 0.828. The lowest BCUT2D eigenvalue weighted by Gasteiger charge is -2.26. The fraction of sp³-hybridized carbons (Fsp3) is 0.571. The van der Waals surface area contributed by atoms with E-state index >= 15 is 0 Å². The summed E-state index contributed by atoms with van der Waals surface area (Å²) in [5.41, 5.74) is 0. The summed E-state index contributed by atoms with van der Waals surface area (Å²) < 4.78 is 0. The summed E-state index contributed by atoms with van der Waals surface area (Å²) in [6.45, 7) is 4.24. The number of hydrogen-bond donors (Lipinski definition) is 2. The van der Waals surface area contributed by atoms with E-state index in [1.807, 2.05) is 4.90 Å². The Kier molecular flexibility index (Phi) is 4.72. The molecule has 1 fully saturated rings. The van der Waals surface area contributed by atoms with E-state index in [1.54, 1.807) is 32.3 Å². The molecule has 0 aliphatic carbocycles. The summed E-state index contributed by atoms with van der Waals surface area (Å²) in [4.78, 5) is 33.7. The number of carbonyl (C=O) groups is 2. The van der Waals surface area contributed by atoms with Crippen LogP contribution in [0.2, 0.25) is 0 Å². The second-order valence-corrected chi connectivity index (χ2v) is 5.47. The van der Waals surface area contributed by atoms with Crippen molar-refractivity contribution < 1.29 is 14.7 Å². The maximum atomic E-state index is 12.4. The molecule has 1 saturated heterocycles. The standard InChI is InChI=1S/C14H20N4O3/c1-9(2)11(13(20)21)17-12(19)10-5-3-8-18(10)14-15-6-4-7-16-14/h4,6-7,9-11H,3,5,8H2,1-2H3,(H,17,19)(H,20,21). The van der Waals surface area contributed by atoms with Crippen LogP contribution < -0.4 is 10.2 Å². The van der Waals surface area contributed by atoms with E-state index in [0.29, 0.717) is 18.9 Å². The molecule has 1 amide bonds. The normalized spacial score (nSPS) is 19.6. The number of carboxylic acids is 1. The molecule has 1 aliphatic heterocycles. The molecule has 2 heterocycles. The smallest absolute Gasteiger partial charge is 0.326 e. The van der Waals surface area contributed by atoms with Crippen molar-refractivity contribution in [3.63, 3.8) is 0 Å². The summed E-state index contributed by atoms with van der Waals surface area (Å²) in [6.07, 6.45) is 4.79. The van der Waals surface area contributed by atoms with Gasteiger partial charge in [0.2, 0.25) is 11.9 Å². The third-order valence-corrected chi connectivity index (χ3v) is 3.59.